The summed E-state index contributed by atoms with van der Waals surface area (Å²) in [4.78, 5) is 23.7. The molecular weight excluding hydrogens is 871 g/mol. The highest BCUT2D eigenvalue weighted by Gasteiger charge is 2.45. The summed E-state index contributed by atoms with van der Waals surface area (Å²) in [7, 11) is -13.2. The second-order valence-electron chi connectivity index (χ2n) is 16.9. The Morgan fingerprint density at radius 1 is 0.778 bits per heavy atom. The second kappa shape index (κ2) is 18.1. The molecule has 63 heavy (non-hydrogen) atoms. The van der Waals surface area contributed by atoms with Gasteiger partial charge in [-0.2, -0.15) is 29.8 Å². The predicted octanol–water partition coefficient (Wildman–Crippen LogP) is 7.23. The van der Waals surface area contributed by atoms with Gasteiger partial charge < -0.3 is 15.7 Å². The molecule has 18 heteroatoms. The monoisotopic (exact) mass is 922 g/mol. The Morgan fingerprint density at radius 3 is 2.06 bits per heavy atom. The van der Waals surface area contributed by atoms with Crippen LogP contribution in [-0.2, 0) is 46.0 Å². The summed E-state index contributed by atoms with van der Waals surface area (Å²) in [6, 6.07) is 15.8. The number of nitrogens with one attached hydrogen (secondary N) is 2. The van der Waals surface area contributed by atoms with Gasteiger partial charge in [-0.25, -0.2) is 0 Å². The summed E-state index contributed by atoms with van der Waals surface area (Å²) < 4.78 is 102. The Hall–Kier alpha value is -5.24. The molecule has 3 aromatic carbocycles. The lowest BCUT2D eigenvalue weighted by molar-refractivity contribution is -0.438. The zero-order chi connectivity index (χ0) is 46.1. The first-order valence-electron chi connectivity index (χ1n) is 20.4. The molecule has 0 saturated carbocycles. The van der Waals surface area contributed by atoms with Crippen LogP contribution in [0.5, 0.6) is 0 Å². The van der Waals surface area contributed by atoms with E-state index in [1.165, 1.54) is 24.3 Å². The number of carboxylic acids is 1. The van der Waals surface area contributed by atoms with E-state index in [1.807, 2.05) is 52.0 Å². The number of hydrogen-bond donors (Lipinski definition) is 6. The van der Waals surface area contributed by atoms with Gasteiger partial charge in [-0.05, 0) is 122 Å². The van der Waals surface area contributed by atoms with Crippen molar-refractivity contribution in [3.05, 3.63) is 124 Å². The summed E-state index contributed by atoms with van der Waals surface area (Å²) in [6.07, 6.45) is 12.0. The molecule has 6 N–H and O–H groups in total. The minimum atomic E-state index is -4.49. The van der Waals surface area contributed by atoms with Crippen LogP contribution < -0.4 is 10.6 Å². The second-order valence-corrected chi connectivity index (χ2v) is 21.3. The molecule has 0 fully saturated rings. The number of allylic oxidation sites excluding steroid dienone is 8. The lowest BCUT2D eigenvalue weighted by Gasteiger charge is -2.24. The van der Waals surface area contributed by atoms with Crippen molar-refractivity contribution in [2.75, 3.05) is 24.2 Å². The first kappa shape index (κ1) is 47.2. The SMILES string of the molecule is CC1(C)C(/C=C/C2=C(c3ccc(C(=O)NCCS(=O)(=O)O)cc3)C(=C/C=C3/Nc4ccc(S(=O)(=O)O)cc4C3(C)C)/CCC2)=[N+](CCCCCC(=O)O)c2ccc(S(=O)(=O)O)cc21. The average molecular weight is 923 g/mol. The minimum absolute atomic E-state index is 0.0505. The van der Waals surface area contributed by atoms with E-state index < -0.39 is 58.8 Å². The molecule has 0 spiro atoms. The van der Waals surface area contributed by atoms with Crippen LogP contribution >= 0.6 is 0 Å². The molecule has 3 aromatic rings. The molecule has 0 radical (unpaired) electrons. The molecule has 0 unspecified atom stereocenters. The Bertz CT molecular complexity index is 2850. The molecule has 336 valence electrons. The van der Waals surface area contributed by atoms with Gasteiger partial charge in [0, 0.05) is 59.5 Å². The molecule has 1 aliphatic carbocycles. The normalized spacial score (nSPS) is 18.5. The Kier molecular flexibility index (Phi) is 13.6. The van der Waals surface area contributed by atoms with Crippen molar-refractivity contribution in [1.82, 2.24) is 5.32 Å². The van der Waals surface area contributed by atoms with Crippen LogP contribution in [-0.4, -0.2) is 85.0 Å². The van der Waals surface area contributed by atoms with Crippen molar-refractivity contribution in [3.8, 4) is 0 Å². The number of carboxylic acid groups (broad SMARTS) is 1. The molecule has 15 nitrogen and oxygen atoms in total. The van der Waals surface area contributed by atoms with Crippen molar-refractivity contribution < 1.29 is 58.2 Å². The van der Waals surface area contributed by atoms with Gasteiger partial charge in [0.15, 0.2) is 5.71 Å². The van der Waals surface area contributed by atoms with E-state index in [4.69, 9.17) is 4.55 Å². The number of carbonyl (C=O) groups excluding carboxylic acids is 1. The number of fused-ring (bicyclic) bond motifs is 2. The molecule has 3 aliphatic rings. The third-order valence-corrected chi connectivity index (χ3v) is 14.3. The van der Waals surface area contributed by atoms with Crippen molar-refractivity contribution in [2.24, 2.45) is 0 Å². The van der Waals surface area contributed by atoms with Crippen LogP contribution in [0.3, 0.4) is 0 Å². The molecule has 1 amide bonds. The third-order valence-electron chi connectivity index (χ3n) is 11.8. The Balaban J connectivity index is 1.44. The lowest BCUT2D eigenvalue weighted by atomic mass is 9.79. The number of carbonyl (C=O) groups is 2. The van der Waals surface area contributed by atoms with E-state index in [0.29, 0.717) is 55.5 Å². The van der Waals surface area contributed by atoms with Crippen molar-refractivity contribution >= 4 is 64.9 Å². The maximum Gasteiger partial charge on any atom is 0.303 e. The number of amides is 1. The van der Waals surface area contributed by atoms with E-state index in [-0.39, 0.29) is 28.3 Å². The van der Waals surface area contributed by atoms with E-state index >= 15 is 0 Å². The molecule has 6 rings (SSSR count). The van der Waals surface area contributed by atoms with Crippen LogP contribution in [0.4, 0.5) is 11.4 Å². The Morgan fingerprint density at radius 2 is 1.43 bits per heavy atom. The molecule has 0 bridgehead atoms. The van der Waals surface area contributed by atoms with Gasteiger partial charge in [-0.15, -0.1) is 0 Å². The number of rotatable bonds is 16. The van der Waals surface area contributed by atoms with Crippen LogP contribution in [0.1, 0.15) is 99.7 Å². The predicted molar refractivity (Wildman–Crippen MR) is 239 cm³/mol. The summed E-state index contributed by atoms with van der Waals surface area (Å²) in [5.74, 6) is -2.02. The number of aliphatic carboxylic acids is 1. The highest BCUT2D eigenvalue weighted by molar-refractivity contribution is 7.86. The number of benzene rings is 3. The van der Waals surface area contributed by atoms with Gasteiger partial charge in [-0.3, -0.25) is 23.2 Å². The maximum atomic E-state index is 12.9. The van der Waals surface area contributed by atoms with Crippen molar-refractivity contribution in [3.63, 3.8) is 0 Å². The van der Waals surface area contributed by atoms with Gasteiger partial charge in [0.1, 0.15) is 6.54 Å². The van der Waals surface area contributed by atoms with Crippen LogP contribution in [0.25, 0.3) is 5.57 Å². The standard InChI is InChI=1S/C45H51N3O12S3/c1-44(2)35-27-33(62(55,56)57)18-20-37(35)47-39(44)22-16-29-9-8-10-30(42(29)31-12-14-32(15-13-31)43(51)46-24-26-61(52,53)54)17-23-40-45(3,4)36-28-34(63(58,59)60)19-21-38(36)48(40)25-7-5-6-11-41(49)50/h12-23,27-28H,5-11,24-26H2,1-4H3,(H5,46,49,50,51,52,53,54,55,56,57,58,59,60)/p+1. The molecule has 0 atom stereocenters. The van der Waals surface area contributed by atoms with E-state index in [0.717, 1.165) is 45.8 Å². The zero-order valence-corrected chi connectivity index (χ0v) is 37.8. The molecule has 0 saturated heterocycles. The summed E-state index contributed by atoms with van der Waals surface area (Å²) >= 11 is 0. The van der Waals surface area contributed by atoms with Gasteiger partial charge in [0.25, 0.3) is 36.3 Å². The number of nitrogens with zero attached hydrogens (tertiary/aromatic N) is 1. The smallest absolute Gasteiger partial charge is 0.303 e. The topological polar surface area (TPSA) is 245 Å². The van der Waals surface area contributed by atoms with Crippen LogP contribution in [0, 0.1) is 0 Å². The molecule has 2 aliphatic heterocycles. The quantitative estimate of drug-likeness (QED) is 0.0473. The van der Waals surface area contributed by atoms with Gasteiger partial charge in [-0.1, -0.05) is 38.1 Å². The Labute approximate surface area is 368 Å². The number of unbranched alkanes of at least 4 members (excludes halogenated alkanes) is 2. The fraction of sp³-hybridized carbons (Fsp3) is 0.356. The van der Waals surface area contributed by atoms with Crippen LogP contribution in [0.2, 0.25) is 0 Å². The number of anilines is 1. The number of hydrogen-bond acceptors (Lipinski definition) is 9. The average Bonchev–Trinajstić information content (AvgIpc) is 3.57. The minimum Gasteiger partial charge on any atom is -0.481 e. The highest BCUT2D eigenvalue weighted by atomic mass is 32.2. The summed E-state index contributed by atoms with van der Waals surface area (Å²) in [6.45, 7) is 8.10. The third kappa shape index (κ3) is 10.8. The fourth-order valence-corrected chi connectivity index (χ4v) is 9.84. The highest BCUT2D eigenvalue weighted by Crippen LogP contribution is 2.46. The molecule has 0 aromatic heterocycles. The van der Waals surface area contributed by atoms with Crippen molar-refractivity contribution in [1.29, 1.82) is 0 Å². The first-order valence-corrected chi connectivity index (χ1v) is 24.9. The van der Waals surface area contributed by atoms with Crippen LogP contribution in [0.15, 0.2) is 112 Å². The summed E-state index contributed by atoms with van der Waals surface area (Å²) in [5, 5.41) is 15.1. The van der Waals surface area contributed by atoms with Gasteiger partial charge >= 0.3 is 5.97 Å². The van der Waals surface area contributed by atoms with E-state index in [1.54, 1.807) is 36.4 Å². The molecule has 2 heterocycles. The largest absolute Gasteiger partial charge is 0.481 e. The van der Waals surface area contributed by atoms with Gasteiger partial charge in [0.2, 0.25) is 5.69 Å². The fourth-order valence-electron chi connectivity index (χ4n) is 8.46. The van der Waals surface area contributed by atoms with E-state index in [9.17, 15) is 49.1 Å². The lowest BCUT2D eigenvalue weighted by Crippen LogP contribution is -2.28. The zero-order valence-electron chi connectivity index (χ0n) is 35.4. The maximum absolute atomic E-state index is 12.9. The first-order chi connectivity index (χ1) is 29.4. The van der Waals surface area contributed by atoms with Gasteiger partial charge in [0.05, 0.1) is 21.0 Å². The summed E-state index contributed by atoms with van der Waals surface area (Å²) in [5.41, 5.74) is 7.06. The van der Waals surface area contributed by atoms with Crippen molar-refractivity contribution in [2.45, 2.75) is 93.3 Å². The molecular formula is C45H52N3O12S3+. The van der Waals surface area contributed by atoms with E-state index in [2.05, 4.69) is 15.2 Å².